The quantitative estimate of drug-likeness (QED) is 0.824. The van der Waals surface area contributed by atoms with Crippen LogP contribution in [0.1, 0.15) is 19.4 Å². The Kier molecular flexibility index (Phi) is 6.61. The molecule has 0 unspecified atom stereocenters. The largest absolute Gasteiger partial charge is 0.497 e. The molecule has 1 aromatic carbocycles. The molecule has 0 aliphatic rings. The van der Waals surface area contributed by atoms with Gasteiger partial charge in [0.2, 0.25) is 0 Å². The fourth-order valence-electron chi connectivity index (χ4n) is 1.44. The number of methoxy groups -OCH3 is 1. The Morgan fingerprint density at radius 3 is 2.83 bits per heavy atom. The van der Waals surface area contributed by atoms with Gasteiger partial charge in [-0.05, 0) is 37.2 Å². The maximum Gasteiger partial charge on any atom is 0.124 e. The van der Waals surface area contributed by atoms with Crippen molar-refractivity contribution in [2.45, 2.75) is 20.4 Å². The van der Waals surface area contributed by atoms with Gasteiger partial charge in [0, 0.05) is 17.6 Å². The molecule has 1 rings (SSSR count). The van der Waals surface area contributed by atoms with Crippen molar-refractivity contribution in [2.75, 3.05) is 20.3 Å². The first-order chi connectivity index (χ1) is 8.71. The maximum atomic E-state index is 5.74. The molecule has 1 aromatic rings. The molecule has 0 aliphatic heterocycles. The number of ether oxygens (including phenoxy) is 2. The van der Waals surface area contributed by atoms with E-state index in [4.69, 9.17) is 21.1 Å². The van der Waals surface area contributed by atoms with Crippen LogP contribution in [-0.2, 0) is 6.54 Å². The lowest BCUT2D eigenvalue weighted by molar-refractivity contribution is 0.345. The van der Waals surface area contributed by atoms with Gasteiger partial charge in [0.15, 0.2) is 0 Å². The minimum absolute atomic E-state index is 0.495. The molecular formula is C14H20ClNO2. The molecule has 0 aromatic heterocycles. The molecule has 3 nitrogen and oxygen atoms in total. The Bertz CT molecular complexity index is 405. The highest BCUT2D eigenvalue weighted by Gasteiger charge is 2.05. The van der Waals surface area contributed by atoms with E-state index in [2.05, 4.69) is 12.2 Å². The zero-order valence-electron chi connectivity index (χ0n) is 11.1. The monoisotopic (exact) mass is 269 g/mol. The molecule has 0 saturated heterocycles. The molecule has 0 bridgehead atoms. The standard InChI is InChI=1S/C14H20ClNO2/c1-4-16-9-12-7-13(17-3)5-6-14(12)18-10-11(2)8-15/h5-8,16H,4,9-10H2,1-3H3/b11-8+. The SMILES string of the molecule is CCNCc1cc(OC)ccc1OC/C(C)=C/Cl. The van der Waals surface area contributed by atoms with Gasteiger partial charge in [-0.2, -0.15) is 0 Å². The number of halogens is 1. The topological polar surface area (TPSA) is 30.5 Å². The van der Waals surface area contributed by atoms with Crippen LogP contribution in [0.25, 0.3) is 0 Å². The Morgan fingerprint density at radius 1 is 1.44 bits per heavy atom. The Hall–Kier alpha value is -1.19. The van der Waals surface area contributed by atoms with Crippen LogP contribution in [0, 0.1) is 0 Å². The van der Waals surface area contributed by atoms with Crippen molar-refractivity contribution in [3.8, 4) is 11.5 Å². The lowest BCUT2D eigenvalue weighted by atomic mass is 10.2. The molecule has 0 amide bonds. The third-order valence-corrected chi connectivity index (χ3v) is 2.85. The smallest absolute Gasteiger partial charge is 0.124 e. The summed E-state index contributed by atoms with van der Waals surface area (Å²) < 4.78 is 11.0. The summed E-state index contributed by atoms with van der Waals surface area (Å²) in [6.45, 7) is 6.17. The molecule has 0 spiro atoms. The van der Waals surface area contributed by atoms with Gasteiger partial charge in [0.25, 0.3) is 0 Å². The van der Waals surface area contributed by atoms with Crippen molar-refractivity contribution in [2.24, 2.45) is 0 Å². The average molecular weight is 270 g/mol. The van der Waals surface area contributed by atoms with Crippen molar-refractivity contribution in [1.29, 1.82) is 0 Å². The number of hydrogen-bond acceptors (Lipinski definition) is 3. The maximum absolute atomic E-state index is 5.74. The first-order valence-corrected chi connectivity index (χ1v) is 6.41. The molecule has 1 N–H and O–H groups in total. The lowest BCUT2D eigenvalue weighted by Gasteiger charge is -2.13. The zero-order chi connectivity index (χ0) is 13.4. The van der Waals surface area contributed by atoms with Gasteiger partial charge in [-0.3, -0.25) is 0 Å². The molecule has 0 saturated carbocycles. The van der Waals surface area contributed by atoms with E-state index in [1.165, 1.54) is 5.54 Å². The molecular weight excluding hydrogens is 250 g/mol. The van der Waals surface area contributed by atoms with Crippen LogP contribution in [0.2, 0.25) is 0 Å². The van der Waals surface area contributed by atoms with Gasteiger partial charge in [0.1, 0.15) is 18.1 Å². The number of benzene rings is 1. The number of rotatable bonds is 7. The summed E-state index contributed by atoms with van der Waals surface area (Å²) in [5.74, 6) is 1.69. The van der Waals surface area contributed by atoms with Gasteiger partial charge < -0.3 is 14.8 Å². The molecule has 18 heavy (non-hydrogen) atoms. The van der Waals surface area contributed by atoms with Gasteiger partial charge in [0.05, 0.1) is 7.11 Å². The summed E-state index contributed by atoms with van der Waals surface area (Å²) in [6, 6.07) is 5.80. The molecule has 0 radical (unpaired) electrons. The number of nitrogens with one attached hydrogen (secondary N) is 1. The molecule has 0 heterocycles. The summed E-state index contributed by atoms with van der Waals surface area (Å²) in [4.78, 5) is 0. The molecule has 100 valence electrons. The third-order valence-electron chi connectivity index (χ3n) is 2.47. The summed E-state index contributed by atoms with van der Waals surface area (Å²) in [5, 5.41) is 3.28. The molecule has 0 fully saturated rings. The average Bonchev–Trinajstić information content (AvgIpc) is 2.42. The fourth-order valence-corrected chi connectivity index (χ4v) is 1.51. The Balaban J connectivity index is 2.80. The van der Waals surface area contributed by atoms with E-state index in [0.29, 0.717) is 6.61 Å². The van der Waals surface area contributed by atoms with Crippen LogP contribution in [0.3, 0.4) is 0 Å². The second-order valence-electron chi connectivity index (χ2n) is 4.00. The van der Waals surface area contributed by atoms with E-state index < -0.39 is 0 Å². The van der Waals surface area contributed by atoms with Crippen molar-refractivity contribution in [1.82, 2.24) is 5.32 Å². The third kappa shape index (κ3) is 4.59. The highest BCUT2D eigenvalue weighted by molar-refractivity contribution is 6.25. The van der Waals surface area contributed by atoms with E-state index in [-0.39, 0.29) is 0 Å². The van der Waals surface area contributed by atoms with Crippen LogP contribution in [0.15, 0.2) is 29.3 Å². The van der Waals surface area contributed by atoms with Crippen LogP contribution in [-0.4, -0.2) is 20.3 Å². The fraction of sp³-hybridized carbons (Fsp3) is 0.429. The summed E-state index contributed by atoms with van der Waals surface area (Å²) in [5.41, 5.74) is 3.61. The van der Waals surface area contributed by atoms with Crippen molar-refractivity contribution >= 4 is 11.6 Å². The van der Waals surface area contributed by atoms with E-state index in [1.54, 1.807) is 7.11 Å². The van der Waals surface area contributed by atoms with Gasteiger partial charge in [-0.1, -0.05) is 18.5 Å². The van der Waals surface area contributed by atoms with Gasteiger partial charge in [-0.25, -0.2) is 0 Å². The molecule has 0 aliphatic carbocycles. The highest BCUT2D eigenvalue weighted by Crippen LogP contribution is 2.24. The predicted molar refractivity (Wildman–Crippen MR) is 75.5 cm³/mol. The van der Waals surface area contributed by atoms with Gasteiger partial charge in [-0.15, -0.1) is 0 Å². The van der Waals surface area contributed by atoms with Crippen LogP contribution in [0.4, 0.5) is 0 Å². The molecule has 0 atom stereocenters. The van der Waals surface area contributed by atoms with Crippen molar-refractivity contribution in [3.63, 3.8) is 0 Å². The van der Waals surface area contributed by atoms with E-state index in [0.717, 1.165) is 35.7 Å². The lowest BCUT2D eigenvalue weighted by Crippen LogP contribution is -2.13. The van der Waals surface area contributed by atoms with E-state index >= 15 is 0 Å². The van der Waals surface area contributed by atoms with Crippen molar-refractivity contribution < 1.29 is 9.47 Å². The first-order valence-electron chi connectivity index (χ1n) is 5.97. The zero-order valence-corrected chi connectivity index (χ0v) is 11.9. The normalized spacial score (nSPS) is 11.4. The van der Waals surface area contributed by atoms with Crippen LogP contribution < -0.4 is 14.8 Å². The van der Waals surface area contributed by atoms with Gasteiger partial charge >= 0.3 is 0 Å². The first kappa shape index (κ1) is 14.9. The minimum Gasteiger partial charge on any atom is -0.497 e. The minimum atomic E-state index is 0.495. The molecule has 4 heteroatoms. The summed E-state index contributed by atoms with van der Waals surface area (Å²) in [7, 11) is 1.66. The van der Waals surface area contributed by atoms with Crippen LogP contribution in [0.5, 0.6) is 11.5 Å². The van der Waals surface area contributed by atoms with Crippen LogP contribution >= 0.6 is 11.6 Å². The Morgan fingerprint density at radius 2 is 2.22 bits per heavy atom. The van der Waals surface area contributed by atoms with Crippen molar-refractivity contribution in [3.05, 3.63) is 34.9 Å². The van der Waals surface area contributed by atoms with E-state index in [9.17, 15) is 0 Å². The second kappa shape index (κ2) is 8.01. The predicted octanol–water partition coefficient (Wildman–Crippen LogP) is 3.33. The number of hydrogen-bond donors (Lipinski definition) is 1. The summed E-state index contributed by atoms with van der Waals surface area (Å²) >= 11 is 5.61. The van der Waals surface area contributed by atoms with E-state index in [1.807, 2.05) is 25.1 Å². The Labute approximate surface area is 114 Å². The highest BCUT2D eigenvalue weighted by atomic mass is 35.5. The second-order valence-corrected chi connectivity index (χ2v) is 4.22. The summed E-state index contributed by atoms with van der Waals surface area (Å²) in [6.07, 6.45) is 0.